The summed E-state index contributed by atoms with van der Waals surface area (Å²) in [7, 11) is 6.34. The van der Waals surface area contributed by atoms with Crippen LogP contribution < -0.4 is 5.32 Å². The number of hydrogen-bond acceptors (Lipinski definition) is 4. The highest BCUT2D eigenvalue weighted by molar-refractivity contribution is 4.93. The molecule has 0 amide bonds. The molecule has 1 rings (SSSR count). The molecular formula is C13H29N3O. The number of aliphatic hydroxyl groups excluding tert-OH is 1. The van der Waals surface area contributed by atoms with E-state index in [0.717, 1.165) is 19.6 Å². The van der Waals surface area contributed by atoms with Gasteiger partial charge in [-0.15, -0.1) is 0 Å². The second-order valence-corrected chi connectivity index (χ2v) is 6.03. The summed E-state index contributed by atoms with van der Waals surface area (Å²) < 4.78 is 0. The second-order valence-electron chi connectivity index (χ2n) is 6.03. The van der Waals surface area contributed by atoms with Crippen LogP contribution in [0.1, 0.15) is 26.2 Å². The van der Waals surface area contributed by atoms with Crippen LogP contribution in [0, 0.1) is 0 Å². The van der Waals surface area contributed by atoms with E-state index in [9.17, 15) is 5.11 Å². The van der Waals surface area contributed by atoms with Gasteiger partial charge in [-0.2, -0.15) is 0 Å². The monoisotopic (exact) mass is 243 g/mol. The van der Waals surface area contributed by atoms with Crippen molar-refractivity contribution in [3.8, 4) is 0 Å². The number of rotatable bonds is 9. The molecule has 0 radical (unpaired) electrons. The molecule has 1 atom stereocenters. The zero-order chi connectivity index (χ0) is 12.9. The Kier molecular flexibility index (Phi) is 5.86. The third kappa shape index (κ3) is 6.36. The molecule has 2 N–H and O–H groups in total. The summed E-state index contributed by atoms with van der Waals surface area (Å²) in [6, 6.07) is 0.641. The van der Waals surface area contributed by atoms with Crippen LogP contribution in [0.25, 0.3) is 0 Å². The lowest BCUT2D eigenvalue weighted by atomic mass is 10.0. The van der Waals surface area contributed by atoms with Gasteiger partial charge in [0.1, 0.15) is 0 Å². The van der Waals surface area contributed by atoms with Gasteiger partial charge in [0.05, 0.1) is 12.1 Å². The van der Waals surface area contributed by atoms with Gasteiger partial charge in [0.25, 0.3) is 0 Å². The van der Waals surface area contributed by atoms with E-state index in [-0.39, 0.29) is 12.1 Å². The fraction of sp³-hybridized carbons (Fsp3) is 1.00. The molecular weight excluding hydrogens is 214 g/mol. The van der Waals surface area contributed by atoms with Gasteiger partial charge in [0.2, 0.25) is 0 Å². The first-order chi connectivity index (χ1) is 7.95. The summed E-state index contributed by atoms with van der Waals surface area (Å²) in [4.78, 5) is 4.52. The minimum absolute atomic E-state index is 0.145. The molecule has 17 heavy (non-hydrogen) atoms. The smallest absolute Gasteiger partial charge is 0.0623 e. The topological polar surface area (TPSA) is 38.7 Å². The maximum absolute atomic E-state index is 9.53. The average molecular weight is 243 g/mol. The van der Waals surface area contributed by atoms with E-state index in [1.165, 1.54) is 19.3 Å². The third-order valence-corrected chi connectivity index (χ3v) is 3.24. The second kappa shape index (κ2) is 6.69. The van der Waals surface area contributed by atoms with Crippen molar-refractivity contribution in [2.75, 3.05) is 47.4 Å². The van der Waals surface area contributed by atoms with Crippen LogP contribution >= 0.6 is 0 Å². The van der Waals surface area contributed by atoms with Crippen LogP contribution in [0.5, 0.6) is 0 Å². The lowest BCUT2D eigenvalue weighted by molar-refractivity contribution is 0.129. The Morgan fingerprint density at radius 3 is 2.35 bits per heavy atom. The van der Waals surface area contributed by atoms with Crippen molar-refractivity contribution in [3.05, 3.63) is 0 Å². The van der Waals surface area contributed by atoms with E-state index in [1.807, 2.05) is 0 Å². The van der Waals surface area contributed by atoms with Gasteiger partial charge in [0.15, 0.2) is 0 Å². The van der Waals surface area contributed by atoms with E-state index in [4.69, 9.17) is 0 Å². The Labute approximate surface area is 106 Å². The molecule has 0 bridgehead atoms. The summed E-state index contributed by atoms with van der Waals surface area (Å²) in [6.45, 7) is 5.44. The summed E-state index contributed by atoms with van der Waals surface area (Å²) in [5.74, 6) is 0. The Balaban J connectivity index is 2.23. The molecule has 0 heterocycles. The summed E-state index contributed by atoms with van der Waals surface area (Å²) in [5.41, 5.74) is -0.145. The molecule has 1 fully saturated rings. The largest absolute Gasteiger partial charge is 0.394 e. The first-order valence-electron chi connectivity index (χ1n) is 6.67. The van der Waals surface area contributed by atoms with Crippen molar-refractivity contribution in [2.24, 2.45) is 0 Å². The lowest BCUT2D eigenvalue weighted by Gasteiger charge is -2.33. The molecule has 0 aromatic carbocycles. The molecule has 4 nitrogen and oxygen atoms in total. The average Bonchev–Trinajstić information content (AvgIpc) is 3.00. The molecule has 0 saturated heterocycles. The van der Waals surface area contributed by atoms with Crippen LogP contribution in [0.4, 0.5) is 0 Å². The third-order valence-electron chi connectivity index (χ3n) is 3.24. The minimum Gasteiger partial charge on any atom is -0.394 e. The molecule has 4 heteroatoms. The SMILES string of the molecule is CN(C)CCCN(C)CC(C)(CO)NC1CC1. The van der Waals surface area contributed by atoms with Crippen molar-refractivity contribution in [1.82, 2.24) is 15.1 Å². The van der Waals surface area contributed by atoms with Crippen molar-refractivity contribution in [1.29, 1.82) is 0 Å². The van der Waals surface area contributed by atoms with Gasteiger partial charge < -0.3 is 20.2 Å². The standard InChI is InChI=1S/C13H29N3O/c1-13(11-17,14-12-6-7-12)10-16(4)9-5-8-15(2)3/h12,14,17H,5-11H2,1-4H3. The van der Waals surface area contributed by atoms with Gasteiger partial charge in [-0.05, 0) is 60.4 Å². The first-order valence-corrected chi connectivity index (χ1v) is 6.67. The molecule has 0 aliphatic heterocycles. The summed E-state index contributed by atoms with van der Waals surface area (Å²) in [5, 5.41) is 13.1. The van der Waals surface area contributed by atoms with Gasteiger partial charge in [-0.1, -0.05) is 0 Å². The first kappa shape index (κ1) is 14.9. The number of aliphatic hydroxyl groups is 1. The summed E-state index contributed by atoms with van der Waals surface area (Å²) in [6.07, 6.45) is 3.70. The molecule has 0 spiro atoms. The van der Waals surface area contributed by atoms with Crippen LogP contribution in [-0.4, -0.2) is 73.9 Å². The summed E-state index contributed by atoms with van der Waals surface area (Å²) >= 11 is 0. The van der Waals surface area contributed by atoms with Crippen molar-refractivity contribution >= 4 is 0 Å². The Hall–Kier alpha value is -0.160. The quantitative estimate of drug-likeness (QED) is 0.614. The Bertz CT molecular complexity index is 219. The van der Waals surface area contributed by atoms with E-state index < -0.39 is 0 Å². The van der Waals surface area contributed by atoms with Crippen molar-refractivity contribution < 1.29 is 5.11 Å². The highest BCUT2D eigenvalue weighted by Crippen LogP contribution is 2.22. The van der Waals surface area contributed by atoms with Crippen LogP contribution in [0.3, 0.4) is 0 Å². The van der Waals surface area contributed by atoms with Gasteiger partial charge >= 0.3 is 0 Å². The Morgan fingerprint density at radius 1 is 1.24 bits per heavy atom. The molecule has 102 valence electrons. The van der Waals surface area contributed by atoms with Crippen LogP contribution in [0.2, 0.25) is 0 Å². The maximum atomic E-state index is 9.53. The predicted octanol–water partition coefficient (Wildman–Crippen LogP) is 0.373. The molecule has 1 saturated carbocycles. The lowest BCUT2D eigenvalue weighted by Crippen LogP contribution is -2.54. The molecule has 1 unspecified atom stereocenters. The zero-order valence-electron chi connectivity index (χ0n) is 11.9. The van der Waals surface area contributed by atoms with E-state index >= 15 is 0 Å². The fourth-order valence-electron chi connectivity index (χ4n) is 2.19. The number of likely N-dealkylation sites (N-methyl/N-ethyl adjacent to an activating group) is 1. The number of nitrogens with one attached hydrogen (secondary N) is 1. The molecule has 1 aliphatic carbocycles. The van der Waals surface area contributed by atoms with Crippen LogP contribution in [0.15, 0.2) is 0 Å². The van der Waals surface area contributed by atoms with E-state index in [2.05, 4.69) is 43.2 Å². The van der Waals surface area contributed by atoms with E-state index in [1.54, 1.807) is 0 Å². The molecule has 1 aliphatic rings. The zero-order valence-corrected chi connectivity index (χ0v) is 11.9. The van der Waals surface area contributed by atoms with Gasteiger partial charge in [-0.25, -0.2) is 0 Å². The number of hydrogen-bond donors (Lipinski definition) is 2. The minimum atomic E-state index is -0.145. The highest BCUT2D eigenvalue weighted by atomic mass is 16.3. The number of nitrogens with zero attached hydrogens (tertiary/aromatic N) is 2. The highest BCUT2D eigenvalue weighted by Gasteiger charge is 2.32. The van der Waals surface area contributed by atoms with Crippen molar-refractivity contribution in [2.45, 2.75) is 37.8 Å². The van der Waals surface area contributed by atoms with Crippen LogP contribution in [-0.2, 0) is 0 Å². The maximum Gasteiger partial charge on any atom is 0.0623 e. The fourth-order valence-corrected chi connectivity index (χ4v) is 2.19. The normalized spacial score (nSPS) is 19.9. The predicted molar refractivity (Wildman–Crippen MR) is 72.3 cm³/mol. The van der Waals surface area contributed by atoms with Gasteiger partial charge in [0, 0.05) is 12.6 Å². The molecule has 0 aromatic heterocycles. The van der Waals surface area contributed by atoms with Crippen molar-refractivity contribution in [3.63, 3.8) is 0 Å². The Morgan fingerprint density at radius 2 is 1.88 bits per heavy atom. The molecule has 0 aromatic rings. The van der Waals surface area contributed by atoms with Gasteiger partial charge in [-0.3, -0.25) is 0 Å². The van der Waals surface area contributed by atoms with E-state index in [0.29, 0.717) is 6.04 Å².